The van der Waals surface area contributed by atoms with Crippen LogP contribution in [0.4, 0.5) is 0 Å². The molecule has 2 nitrogen and oxygen atoms in total. The Labute approximate surface area is 255 Å². The third-order valence-electron chi connectivity index (χ3n) is 8.81. The molecule has 0 radical (unpaired) electrons. The van der Waals surface area contributed by atoms with Gasteiger partial charge in [-0.1, -0.05) is 109 Å². The van der Waals surface area contributed by atoms with E-state index in [0.29, 0.717) is 0 Å². The first-order valence-corrected chi connectivity index (χ1v) is 15.0. The standard InChI is InChI=1S/C42H27NO/c1-3-9-28(10-4-1)31-17-22-39-36(25-31)37-26-32(29-11-5-2-6-12-29)18-23-40(37)43(39)34-20-15-30(16-21-34)33-19-24-42-38(27-33)35-13-7-8-14-41(35)44-42/h1-27H. The van der Waals surface area contributed by atoms with Crippen molar-refractivity contribution in [2.24, 2.45) is 0 Å². The molecule has 0 saturated heterocycles. The monoisotopic (exact) mass is 561 g/mol. The van der Waals surface area contributed by atoms with E-state index in [2.05, 4.69) is 156 Å². The first kappa shape index (κ1) is 24.7. The Morgan fingerprint density at radius 2 is 0.773 bits per heavy atom. The third kappa shape index (κ3) is 3.96. The van der Waals surface area contributed by atoms with Crippen molar-refractivity contribution in [1.82, 2.24) is 4.57 Å². The summed E-state index contributed by atoms with van der Waals surface area (Å²) >= 11 is 0. The lowest BCUT2D eigenvalue weighted by atomic mass is 10.0. The highest BCUT2D eigenvalue weighted by Crippen LogP contribution is 2.38. The fourth-order valence-electron chi connectivity index (χ4n) is 6.63. The zero-order valence-corrected chi connectivity index (χ0v) is 23.9. The molecule has 0 aliphatic carbocycles. The van der Waals surface area contributed by atoms with Gasteiger partial charge < -0.3 is 8.98 Å². The van der Waals surface area contributed by atoms with E-state index in [1.807, 2.05) is 12.1 Å². The smallest absolute Gasteiger partial charge is 0.135 e. The first-order chi connectivity index (χ1) is 21.8. The van der Waals surface area contributed by atoms with Gasteiger partial charge in [0.1, 0.15) is 11.2 Å². The number of nitrogens with zero attached hydrogens (tertiary/aromatic N) is 1. The van der Waals surface area contributed by atoms with Crippen molar-refractivity contribution in [3.05, 3.63) is 164 Å². The van der Waals surface area contributed by atoms with E-state index in [4.69, 9.17) is 4.42 Å². The summed E-state index contributed by atoms with van der Waals surface area (Å²) in [7, 11) is 0. The Balaban J connectivity index is 1.20. The highest BCUT2D eigenvalue weighted by molar-refractivity contribution is 6.12. The predicted octanol–water partition coefficient (Wildman–Crippen LogP) is 11.7. The fourth-order valence-corrected chi connectivity index (χ4v) is 6.63. The van der Waals surface area contributed by atoms with E-state index in [1.54, 1.807) is 0 Å². The molecule has 0 fully saturated rings. The molecule has 7 aromatic carbocycles. The first-order valence-electron chi connectivity index (χ1n) is 15.0. The largest absolute Gasteiger partial charge is 0.456 e. The summed E-state index contributed by atoms with van der Waals surface area (Å²) in [5, 5.41) is 4.80. The molecule has 2 heterocycles. The van der Waals surface area contributed by atoms with Crippen molar-refractivity contribution >= 4 is 43.7 Å². The third-order valence-corrected chi connectivity index (χ3v) is 8.81. The second-order valence-corrected chi connectivity index (χ2v) is 11.4. The van der Waals surface area contributed by atoms with Gasteiger partial charge in [-0.25, -0.2) is 0 Å². The van der Waals surface area contributed by atoms with Gasteiger partial charge >= 0.3 is 0 Å². The van der Waals surface area contributed by atoms with E-state index in [-0.39, 0.29) is 0 Å². The van der Waals surface area contributed by atoms with Crippen LogP contribution in [0.5, 0.6) is 0 Å². The maximum Gasteiger partial charge on any atom is 0.135 e. The number of rotatable bonds is 4. The Hall–Kier alpha value is -5.86. The fraction of sp³-hybridized carbons (Fsp3) is 0. The molecule has 9 aromatic rings. The Bertz CT molecular complexity index is 2370. The van der Waals surface area contributed by atoms with Crippen LogP contribution in [0.1, 0.15) is 0 Å². The van der Waals surface area contributed by atoms with E-state index >= 15 is 0 Å². The Morgan fingerprint density at radius 1 is 0.318 bits per heavy atom. The second-order valence-electron chi connectivity index (χ2n) is 11.4. The summed E-state index contributed by atoms with van der Waals surface area (Å²) in [6, 6.07) is 58.6. The molecule has 0 aliphatic heterocycles. The predicted molar refractivity (Wildman–Crippen MR) is 184 cm³/mol. The van der Waals surface area contributed by atoms with Crippen LogP contribution >= 0.6 is 0 Å². The number of benzene rings is 7. The lowest BCUT2D eigenvalue weighted by Crippen LogP contribution is -1.94. The van der Waals surface area contributed by atoms with E-state index in [1.165, 1.54) is 55.2 Å². The van der Waals surface area contributed by atoms with Gasteiger partial charge in [-0.3, -0.25) is 0 Å². The summed E-state index contributed by atoms with van der Waals surface area (Å²) in [6.07, 6.45) is 0. The van der Waals surface area contributed by atoms with Crippen LogP contribution in [0.3, 0.4) is 0 Å². The average Bonchev–Trinajstić information content (AvgIpc) is 3.64. The van der Waals surface area contributed by atoms with Gasteiger partial charge in [-0.2, -0.15) is 0 Å². The van der Waals surface area contributed by atoms with Gasteiger partial charge in [-0.05, 0) is 88.0 Å². The lowest BCUT2D eigenvalue weighted by Gasteiger charge is -2.10. The quantitative estimate of drug-likeness (QED) is 0.209. The molecular weight excluding hydrogens is 534 g/mol. The van der Waals surface area contributed by atoms with Crippen molar-refractivity contribution in [3.63, 3.8) is 0 Å². The molecule has 0 unspecified atom stereocenters. The molecule has 0 saturated carbocycles. The molecule has 2 heteroatoms. The molecule has 0 bridgehead atoms. The summed E-state index contributed by atoms with van der Waals surface area (Å²) in [5.74, 6) is 0. The highest BCUT2D eigenvalue weighted by atomic mass is 16.3. The topological polar surface area (TPSA) is 18.1 Å². The average molecular weight is 562 g/mol. The van der Waals surface area contributed by atoms with Crippen LogP contribution < -0.4 is 0 Å². The van der Waals surface area contributed by atoms with E-state index < -0.39 is 0 Å². The number of para-hydroxylation sites is 1. The number of aromatic nitrogens is 1. The molecule has 9 rings (SSSR count). The molecule has 0 amide bonds. The molecule has 0 N–H and O–H groups in total. The molecule has 0 spiro atoms. The van der Waals surface area contributed by atoms with Gasteiger partial charge in [0.25, 0.3) is 0 Å². The van der Waals surface area contributed by atoms with Crippen LogP contribution in [0.25, 0.3) is 82.8 Å². The maximum absolute atomic E-state index is 6.06. The van der Waals surface area contributed by atoms with Crippen molar-refractivity contribution in [1.29, 1.82) is 0 Å². The number of hydrogen-bond acceptors (Lipinski definition) is 1. The second kappa shape index (κ2) is 9.86. The SMILES string of the molecule is c1ccc(-c2ccc3c(c2)c2cc(-c4ccccc4)ccc2n3-c2ccc(-c3ccc4oc5ccccc5c4c3)cc2)cc1. The van der Waals surface area contributed by atoms with Crippen LogP contribution in [0.2, 0.25) is 0 Å². The van der Waals surface area contributed by atoms with Gasteiger partial charge in [0.05, 0.1) is 11.0 Å². The molecule has 44 heavy (non-hydrogen) atoms. The van der Waals surface area contributed by atoms with Crippen LogP contribution in [-0.2, 0) is 0 Å². The Kier molecular flexibility index (Phi) is 5.54. The van der Waals surface area contributed by atoms with Gasteiger partial charge in [0.2, 0.25) is 0 Å². The highest BCUT2D eigenvalue weighted by Gasteiger charge is 2.15. The molecule has 2 aromatic heterocycles. The zero-order valence-electron chi connectivity index (χ0n) is 23.9. The van der Waals surface area contributed by atoms with E-state index in [9.17, 15) is 0 Å². The molecule has 206 valence electrons. The molecule has 0 aliphatic rings. The Morgan fingerprint density at radius 3 is 1.39 bits per heavy atom. The maximum atomic E-state index is 6.06. The summed E-state index contributed by atoms with van der Waals surface area (Å²) in [5.41, 5.74) is 12.6. The number of fused-ring (bicyclic) bond motifs is 6. The normalized spacial score (nSPS) is 11.6. The molecule has 0 atom stereocenters. The van der Waals surface area contributed by atoms with Gasteiger partial charge in [0.15, 0.2) is 0 Å². The minimum absolute atomic E-state index is 0.918. The minimum Gasteiger partial charge on any atom is -0.456 e. The van der Waals surface area contributed by atoms with Crippen molar-refractivity contribution in [3.8, 4) is 39.1 Å². The summed E-state index contributed by atoms with van der Waals surface area (Å²) < 4.78 is 8.46. The van der Waals surface area contributed by atoms with Crippen molar-refractivity contribution in [2.75, 3.05) is 0 Å². The van der Waals surface area contributed by atoms with Crippen molar-refractivity contribution < 1.29 is 4.42 Å². The summed E-state index contributed by atoms with van der Waals surface area (Å²) in [6.45, 7) is 0. The minimum atomic E-state index is 0.918. The van der Waals surface area contributed by atoms with Gasteiger partial charge in [-0.15, -0.1) is 0 Å². The zero-order chi connectivity index (χ0) is 29.0. The van der Waals surface area contributed by atoms with Crippen LogP contribution in [-0.4, -0.2) is 4.57 Å². The van der Waals surface area contributed by atoms with Crippen molar-refractivity contribution in [2.45, 2.75) is 0 Å². The lowest BCUT2D eigenvalue weighted by molar-refractivity contribution is 0.669. The summed E-state index contributed by atoms with van der Waals surface area (Å²) in [4.78, 5) is 0. The van der Waals surface area contributed by atoms with Gasteiger partial charge in [0, 0.05) is 27.2 Å². The number of hydrogen-bond donors (Lipinski definition) is 0. The van der Waals surface area contributed by atoms with E-state index in [0.717, 1.165) is 27.6 Å². The molecular formula is C42H27NO. The number of furan rings is 1. The van der Waals surface area contributed by atoms with Crippen LogP contribution in [0.15, 0.2) is 168 Å². The van der Waals surface area contributed by atoms with Crippen LogP contribution in [0, 0.1) is 0 Å².